The highest BCUT2D eigenvalue weighted by Gasteiger charge is 2.28. The number of rotatable bonds is 2. The number of hydrogen-bond acceptors (Lipinski definition) is 3. The molecule has 0 spiro atoms. The van der Waals surface area contributed by atoms with Gasteiger partial charge in [0.1, 0.15) is 0 Å². The molecule has 0 aromatic heterocycles. The fraction of sp³-hybridized carbons (Fsp3) is 0.364. The first-order chi connectivity index (χ1) is 6.79. The Morgan fingerprint density at radius 3 is 2.86 bits per heavy atom. The van der Waals surface area contributed by atoms with Gasteiger partial charge in [0.15, 0.2) is 0 Å². The molecule has 1 fully saturated rings. The van der Waals surface area contributed by atoms with E-state index in [0.29, 0.717) is 5.56 Å². The summed E-state index contributed by atoms with van der Waals surface area (Å²) in [4.78, 5) is 0. The van der Waals surface area contributed by atoms with Crippen molar-refractivity contribution in [2.75, 3.05) is 5.32 Å². The van der Waals surface area contributed by atoms with Crippen LogP contribution < -0.4 is 5.32 Å². The molecular weight excluding hydrogens is 176 g/mol. The largest absolute Gasteiger partial charge is 0.391 e. The van der Waals surface area contributed by atoms with Gasteiger partial charge in [0.05, 0.1) is 23.8 Å². The van der Waals surface area contributed by atoms with Crippen LogP contribution in [-0.2, 0) is 0 Å². The number of nitrogens with one attached hydrogen (secondary N) is 1. The van der Waals surface area contributed by atoms with E-state index in [2.05, 4.69) is 11.4 Å². The highest BCUT2D eigenvalue weighted by molar-refractivity contribution is 5.50. The van der Waals surface area contributed by atoms with E-state index in [-0.39, 0.29) is 12.1 Å². The Labute approximate surface area is 83.0 Å². The molecule has 0 aliphatic heterocycles. The maximum Gasteiger partial charge on any atom is 0.0992 e. The van der Waals surface area contributed by atoms with E-state index in [1.54, 1.807) is 12.1 Å². The topological polar surface area (TPSA) is 56.0 Å². The van der Waals surface area contributed by atoms with Gasteiger partial charge in [-0.2, -0.15) is 5.26 Å². The molecule has 0 heterocycles. The van der Waals surface area contributed by atoms with E-state index in [1.165, 1.54) is 0 Å². The Bertz CT molecular complexity index is 370. The molecule has 1 aromatic rings. The molecule has 3 nitrogen and oxygen atoms in total. The maximum absolute atomic E-state index is 9.37. The second-order valence-corrected chi connectivity index (χ2v) is 3.59. The lowest BCUT2D eigenvalue weighted by Crippen LogP contribution is -2.42. The summed E-state index contributed by atoms with van der Waals surface area (Å²) >= 11 is 0. The summed E-state index contributed by atoms with van der Waals surface area (Å²) in [5.41, 5.74) is 1.55. The molecule has 0 radical (unpaired) electrons. The van der Waals surface area contributed by atoms with Crippen molar-refractivity contribution >= 4 is 5.69 Å². The van der Waals surface area contributed by atoms with Crippen molar-refractivity contribution < 1.29 is 5.11 Å². The molecule has 1 aliphatic rings. The maximum atomic E-state index is 9.37. The van der Waals surface area contributed by atoms with Crippen LogP contribution in [0, 0.1) is 11.3 Å². The summed E-state index contributed by atoms with van der Waals surface area (Å²) in [6.45, 7) is 0. The lowest BCUT2D eigenvalue weighted by atomic mass is 9.89. The van der Waals surface area contributed by atoms with E-state index in [1.807, 2.05) is 12.1 Å². The summed E-state index contributed by atoms with van der Waals surface area (Å²) in [6, 6.07) is 9.55. The molecule has 0 amide bonds. The average molecular weight is 188 g/mol. The van der Waals surface area contributed by atoms with E-state index in [0.717, 1.165) is 18.5 Å². The number of aliphatic hydroxyl groups is 1. The quantitative estimate of drug-likeness (QED) is 0.739. The molecule has 2 atom stereocenters. The predicted octanol–water partition coefficient (Wildman–Crippen LogP) is 1.49. The second-order valence-electron chi connectivity index (χ2n) is 3.59. The number of benzene rings is 1. The van der Waals surface area contributed by atoms with Crippen LogP contribution in [0.2, 0.25) is 0 Å². The summed E-state index contributed by atoms with van der Waals surface area (Å²) < 4.78 is 0. The average Bonchev–Trinajstić information content (AvgIpc) is 2.24. The Balaban J connectivity index is 2.06. The molecule has 2 N–H and O–H groups in total. The van der Waals surface area contributed by atoms with Gasteiger partial charge < -0.3 is 10.4 Å². The number of nitriles is 1. The highest BCUT2D eigenvalue weighted by Crippen LogP contribution is 2.24. The molecule has 0 saturated heterocycles. The van der Waals surface area contributed by atoms with Crippen molar-refractivity contribution in [3.05, 3.63) is 29.8 Å². The van der Waals surface area contributed by atoms with Crippen LogP contribution >= 0.6 is 0 Å². The zero-order valence-electron chi connectivity index (χ0n) is 7.77. The molecule has 2 rings (SSSR count). The Kier molecular flexibility index (Phi) is 2.38. The minimum atomic E-state index is -0.235. The van der Waals surface area contributed by atoms with Gasteiger partial charge in [-0.1, -0.05) is 6.07 Å². The monoisotopic (exact) mass is 188 g/mol. The first-order valence-corrected chi connectivity index (χ1v) is 4.74. The molecule has 72 valence electrons. The molecule has 3 heteroatoms. The minimum Gasteiger partial charge on any atom is -0.391 e. The number of aliphatic hydroxyl groups excluding tert-OH is 1. The highest BCUT2D eigenvalue weighted by atomic mass is 16.3. The lowest BCUT2D eigenvalue weighted by molar-refractivity contribution is 0.0786. The Morgan fingerprint density at radius 1 is 1.43 bits per heavy atom. The molecular formula is C11H12N2O. The summed E-state index contributed by atoms with van der Waals surface area (Å²) in [7, 11) is 0. The number of anilines is 1. The van der Waals surface area contributed by atoms with Crippen LogP contribution in [-0.4, -0.2) is 17.3 Å². The third-order valence-corrected chi connectivity index (χ3v) is 2.58. The Hall–Kier alpha value is -1.53. The summed E-state index contributed by atoms with van der Waals surface area (Å²) in [6.07, 6.45) is 1.63. The van der Waals surface area contributed by atoms with Gasteiger partial charge in [-0.3, -0.25) is 0 Å². The van der Waals surface area contributed by atoms with E-state index >= 15 is 0 Å². The van der Waals surface area contributed by atoms with Crippen LogP contribution in [0.15, 0.2) is 24.3 Å². The second kappa shape index (κ2) is 3.69. The molecule has 1 aromatic carbocycles. The van der Waals surface area contributed by atoms with Crippen molar-refractivity contribution in [3.8, 4) is 6.07 Å². The van der Waals surface area contributed by atoms with Crippen LogP contribution in [0.3, 0.4) is 0 Å². The van der Waals surface area contributed by atoms with Crippen molar-refractivity contribution in [3.63, 3.8) is 0 Å². The predicted molar refractivity (Wildman–Crippen MR) is 53.8 cm³/mol. The standard InChI is InChI=1S/C11H12N2O/c12-7-8-2-1-3-9(6-8)13-10-4-5-11(10)14/h1-3,6,10-11,13-14H,4-5H2/t10-,11-/m1/s1. The first-order valence-electron chi connectivity index (χ1n) is 4.74. The first kappa shape index (κ1) is 9.04. The van der Waals surface area contributed by atoms with E-state index < -0.39 is 0 Å². The smallest absolute Gasteiger partial charge is 0.0992 e. The van der Waals surface area contributed by atoms with Crippen molar-refractivity contribution in [1.29, 1.82) is 5.26 Å². The van der Waals surface area contributed by atoms with Crippen molar-refractivity contribution in [2.45, 2.75) is 25.0 Å². The zero-order chi connectivity index (χ0) is 9.97. The lowest BCUT2D eigenvalue weighted by Gasteiger charge is -2.33. The van der Waals surface area contributed by atoms with Crippen LogP contribution in [0.5, 0.6) is 0 Å². The van der Waals surface area contributed by atoms with E-state index in [9.17, 15) is 5.11 Å². The number of nitrogens with zero attached hydrogens (tertiary/aromatic N) is 1. The van der Waals surface area contributed by atoms with Gasteiger partial charge >= 0.3 is 0 Å². The van der Waals surface area contributed by atoms with Gasteiger partial charge in [-0.05, 0) is 31.0 Å². The molecule has 0 unspecified atom stereocenters. The van der Waals surface area contributed by atoms with Crippen molar-refractivity contribution in [2.24, 2.45) is 0 Å². The summed E-state index contributed by atoms with van der Waals surface area (Å²) in [5.74, 6) is 0. The minimum absolute atomic E-state index is 0.156. The summed E-state index contributed by atoms with van der Waals surface area (Å²) in [5, 5.41) is 21.3. The van der Waals surface area contributed by atoms with Gasteiger partial charge in [-0.15, -0.1) is 0 Å². The molecule has 1 aliphatic carbocycles. The van der Waals surface area contributed by atoms with Crippen LogP contribution in [0.25, 0.3) is 0 Å². The molecule has 14 heavy (non-hydrogen) atoms. The van der Waals surface area contributed by atoms with Gasteiger partial charge in [0.2, 0.25) is 0 Å². The zero-order valence-corrected chi connectivity index (χ0v) is 7.77. The van der Waals surface area contributed by atoms with Gasteiger partial charge in [-0.25, -0.2) is 0 Å². The van der Waals surface area contributed by atoms with Crippen LogP contribution in [0.1, 0.15) is 18.4 Å². The van der Waals surface area contributed by atoms with Crippen LogP contribution in [0.4, 0.5) is 5.69 Å². The third-order valence-electron chi connectivity index (χ3n) is 2.58. The molecule has 1 saturated carbocycles. The van der Waals surface area contributed by atoms with E-state index in [4.69, 9.17) is 5.26 Å². The SMILES string of the molecule is N#Cc1cccc(N[C@@H]2CC[C@H]2O)c1. The fourth-order valence-electron chi connectivity index (χ4n) is 1.54. The molecule has 0 bridgehead atoms. The van der Waals surface area contributed by atoms with Gasteiger partial charge in [0.25, 0.3) is 0 Å². The van der Waals surface area contributed by atoms with Gasteiger partial charge in [0, 0.05) is 5.69 Å². The fourth-order valence-corrected chi connectivity index (χ4v) is 1.54. The number of hydrogen-bond donors (Lipinski definition) is 2. The normalized spacial score (nSPS) is 24.9. The van der Waals surface area contributed by atoms with Crippen molar-refractivity contribution in [1.82, 2.24) is 0 Å². The third kappa shape index (κ3) is 1.70. The Morgan fingerprint density at radius 2 is 2.29 bits per heavy atom.